The lowest BCUT2D eigenvalue weighted by atomic mass is 9.99. The van der Waals surface area contributed by atoms with Gasteiger partial charge >= 0.3 is 0 Å². The van der Waals surface area contributed by atoms with E-state index in [4.69, 9.17) is 0 Å². The van der Waals surface area contributed by atoms with Crippen LogP contribution in [0.4, 0.5) is 0 Å². The van der Waals surface area contributed by atoms with Crippen molar-refractivity contribution < 1.29 is 0 Å². The fourth-order valence-electron chi connectivity index (χ4n) is 2.02. The second-order valence-corrected chi connectivity index (χ2v) is 4.49. The third kappa shape index (κ3) is 1.99. The van der Waals surface area contributed by atoms with Gasteiger partial charge in [0.15, 0.2) is 0 Å². The fraction of sp³-hybridized carbons (Fsp3) is 1.00. The first kappa shape index (κ1) is 8.52. The zero-order valence-electron chi connectivity index (χ0n) is 8.21. The number of nitrogens with one attached hydrogen (secondary N) is 1. The van der Waals surface area contributed by atoms with Crippen molar-refractivity contribution in [2.24, 2.45) is 0 Å². The summed E-state index contributed by atoms with van der Waals surface area (Å²) in [5.41, 5.74) is 0. The summed E-state index contributed by atoms with van der Waals surface area (Å²) < 4.78 is 0. The van der Waals surface area contributed by atoms with Gasteiger partial charge in [0.05, 0.1) is 0 Å². The molecule has 2 atom stereocenters. The van der Waals surface area contributed by atoms with Crippen LogP contribution in [-0.4, -0.2) is 36.6 Å². The van der Waals surface area contributed by atoms with E-state index in [0.717, 1.165) is 18.1 Å². The van der Waals surface area contributed by atoms with Gasteiger partial charge in [0, 0.05) is 18.1 Å². The van der Waals surface area contributed by atoms with E-state index in [2.05, 4.69) is 24.2 Å². The number of hydrogen-bond acceptors (Lipinski definition) is 2. The van der Waals surface area contributed by atoms with Crippen molar-refractivity contribution in [3.8, 4) is 0 Å². The van der Waals surface area contributed by atoms with E-state index in [1.807, 2.05) is 0 Å². The molecule has 2 nitrogen and oxygen atoms in total. The molecular weight excluding hydrogens is 148 g/mol. The Labute approximate surface area is 75.3 Å². The highest BCUT2D eigenvalue weighted by Crippen LogP contribution is 2.23. The Hall–Kier alpha value is -0.0800. The van der Waals surface area contributed by atoms with Gasteiger partial charge in [-0.15, -0.1) is 0 Å². The summed E-state index contributed by atoms with van der Waals surface area (Å²) in [5.74, 6) is 0. The van der Waals surface area contributed by atoms with Crippen molar-refractivity contribution in [1.29, 1.82) is 0 Å². The number of hydrogen-bond donors (Lipinski definition) is 1. The van der Waals surface area contributed by atoms with Crippen molar-refractivity contribution in [2.45, 2.75) is 50.7 Å². The number of rotatable bonds is 2. The smallest absolute Gasteiger partial charge is 0.00966 e. The van der Waals surface area contributed by atoms with Crippen LogP contribution >= 0.6 is 0 Å². The van der Waals surface area contributed by atoms with Gasteiger partial charge in [-0.2, -0.15) is 0 Å². The first-order valence-corrected chi connectivity index (χ1v) is 5.22. The lowest BCUT2D eigenvalue weighted by molar-refractivity contribution is 0.168. The van der Waals surface area contributed by atoms with Crippen LogP contribution < -0.4 is 5.32 Å². The molecule has 1 aliphatic carbocycles. The van der Waals surface area contributed by atoms with Crippen LogP contribution in [0.1, 0.15) is 32.6 Å². The molecule has 1 saturated heterocycles. The Balaban J connectivity index is 1.76. The van der Waals surface area contributed by atoms with E-state index in [0.29, 0.717) is 0 Å². The first-order chi connectivity index (χ1) is 5.75. The largest absolute Gasteiger partial charge is 0.311 e. The van der Waals surface area contributed by atoms with Crippen LogP contribution in [0.5, 0.6) is 0 Å². The molecule has 1 heterocycles. The molecule has 2 heteroatoms. The molecule has 0 aromatic carbocycles. The Morgan fingerprint density at radius 2 is 1.92 bits per heavy atom. The fourth-order valence-corrected chi connectivity index (χ4v) is 2.02. The van der Waals surface area contributed by atoms with E-state index in [1.165, 1.54) is 32.2 Å². The zero-order valence-corrected chi connectivity index (χ0v) is 8.21. The van der Waals surface area contributed by atoms with Crippen LogP contribution in [0.25, 0.3) is 0 Å². The predicted molar refractivity (Wildman–Crippen MR) is 51.3 cm³/mol. The van der Waals surface area contributed by atoms with E-state index in [1.54, 1.807) is 0 Å². The summed E-state index contributed by atoms with van der Waals surface area (Å²) in [7, 11) is 2.23. The molecule has 0 radical (unpaired) electrons. The van der Waals surface area contributed by atoms with Crippen molar-refractivity contribution in [3.05, 3.63) is 0 Å². The molecule has 1 saturated carbocycles. The maximum atomic E-state index is 3.72. The average Bonchev–Trinajstić information content (AvgIpc) is 2.81. The van der Waals surface area contributed by atoms with Gasteiger partial charge < -0.3 is 10.2 Å². The lowest BCUT2D eigenvalue weighted by Crippen LogP contribution is -2.46. The maximum absolute atomic E-state index is 3.72. The number of likely N-dealkylation sites (tertiary alicyclic amines) is 1. The van der Waals surface area contributed by atoms with E-state index >= 15 is 0 Å². The van der Waals surface area contributed by atoms with Crippen molar-refractivity contribution in [1.82, 2.24) is 10.2 Å². The summed E-state index contributed by atoms with van der Waals surface area (Å²) in [4.78, 5) is 2.46. The van der Waals surface area contributed by atoms with E-state index in [-0.39, 0.29) is 0 Å². The number of nitrogens with zero attached hydrogens (tertiary/aromatic N) is 1. The van der Waals surface area contributed by atoms with Crippen LogP contribution in [0.15, 0.2) is 0 Å². The van der Waals surface area contributed by atoms with Gasteiger partial charge in [-0.05, 0) is 46.2 Å². The van der Waals surface area contributed by atoms with Crippen molar-refractivity contribution in [2.75, 3.05) is 13.6 Å². The van der Waals surface area contributed by atoms with Crippen LogP contribution in [0, 0.1) is 0 Å². The molecule has 0 amide bonds. The third-order valence-corrected chi connectivity index (χ3v) is 3.26. The minimum atomic E-state index is 0.773. The molecular formula is C10H20N2. The predicted octanol–water partition coefficient (Wildman–Crippen LogP) is 1.22. The Bertz CT molecular complexity index is 154. The standard InChI is InChI=1S/C10H20N2/c1-8-7-10(5-6-12(8)2)11-9-3-4-9/h8-11H,3-7H2,1-2H3. The topological polar surface area (TPSA) is 15.3 Å². The summed E-state index contributed by atoms with van der Waals surface area (Å²) in [6, 6.07) is 2.46. The summed E-state index contributed by atoms with van der Waals surface area (Å²) in [5, 5.41) is 3.72. The van der Waals surface area contributed by atoms with Gasteiger partial charge in [0.25, 0.3) is 0 Å². The second kappa shape index (κ2) is 3.35. The van der Waals surface area contributed by atoms with E-state index in [9.17, 15) is 0 Å². The monoisotopic (exact) mass is 168 g/mol. The molecule has 2 rings (SSSR count). The van der Waals surface area contributed by atoms with Crippen molar-refractivity contribution in [3.63, 3.8) is 0 Å². The minimum absolute atomic E-state index is 0.773. The summed E-state index contributed by atoms with van der Waals surface area (Å²) in [6.45, 7) is 3.60. The lowest BCUT2D eigenvalue weighted by Gasteiger charge is -2.35. The highest BCUT2D eigenvalue weighted by Gasteiger charge is 2.28. The van der Waals surface area contributed by atoms with Crippen LogP contribution in [-0.2, 0) is 0 Å². The van der Waals surface area contributed by atoms with Gasteiger partial charge in [-0.3, -0.25) is 0 Å². The molecule has 1 aliphatic heterocycles. The molecule has 2 aliphatic rings. The highest BCUT2D eigenvalue weighted by atomic mass is 15.1. The molecule has 70 valence electrons. The Morgan fingerprint density at radius 3 is 2.50 bits per heavy atom. The highest BCUT2D eigenvalue weighted by molar-refractivity contribution is 4.88. The number of piperidine rings is 1. The minimum Gasteiger partial charge on any atom is -0.311 e. The molecule has 2 fully saturated rings. The molecule has 0 aromatic heterocycles. The summed E-state index contributed by atoms with van der Waals surface area (Å²) >= 11 is 0. The van der Waals surface area contributed by atoms with Crippen molar-refractivity contribution >= 4 is 0 Å². The quantitative estimate of drug-likeness (QED) is 0.667. The molecule has 0 bridgehead atoms. The van der Waals surface area contributed by atoms with Gasteiger partial charge in [-0.1, -0.05) is 0 Å². The zero-order chi connectivity index (χ0) is 8.55. The molecule has 2 unspecified atom stereocenters. The van der Waals surface area contributed by atoms with Crippen LogP contribution in [0.3, 0.4) is 0 Å². The third-order valence-electron chi connectivity index (χ3n) is 3.26. The summed E-state index contributed by atoms with van der Waals surface area (Å²) in [6.07, 6.45) is 5.52. The molecule has 0 spiro atoms. The Morgan fingerprint density at radius 1 is 1.17 bits per heavy atom. The van der Waals surface area contributed by atoms with Gasteiger partial charge in [0.1, 0.15) is 0 Å². The molecule has 12 heavy (non-hydrogen) atoms. The first-order valence-electron chi connectivity index (χ1n) is 5.22. The maximum Gasteiger partial charge on any atom is 0.00966 e. The second-order valence-electron chi connectivity index (χ2n) is 4.49. The van der Waals surface area contributed by atoms with E-state index < -0.39 is 0 Å². The molecule has 1 N–H and O–H groups in total. The van der Waals surface area contributed by atoms with Gasteiger partial charge in [-0.25, -0.2) is 0 Å². The average molecular weight is 168 g/mol. The SMILES string of the molecule is CC1CC(NC2CC2)CCN1C. The molecule has 0 aromatic rings. The van der Waals surface area contributed by atoms with Gasteiger partial charge in [0.2, 0.25) is 0 Å². The normalized spacial score (nSPS) is 38.5. The van der Waals surface area contributed by atoms with Crippen LogP contribution in [0.2, 0.25) is 0 Å². The Kier molecular flexibility index (Phi) is 2.37.